The molecule has 0 atom stereocenters. The van der Waals surface area contributed by atoms with Crippen LogP contribution in [0.3, 0.4) is 0 Å². The predicted octanol–water partition coefficient (Wildman–Crippen LogP) is 1.68. The van der Waals surface area contributed by atoms with E-state index in [1.54, 1.807) is 30.6 Å². The van der Waals surface area contributed by atoms with Crippen molar-refractivity contribution in [2.75, 3.05) is 5.73 Å². The standard InChI is InChI=1S/C11H11BrN4O/c12-7-1-2-8(9(13)5-7)11(17)16-6-10-14-3-4-15-10/h1-5H,6,13H2,(H,14,15)(H,16,17). The molecule has 2 aromatic rings. The van der Waals surface area contributed by atoms with Crippen LogP contribution in [0.5, 0.6) is 0 Å². The van der Waals surface area contributed by atoms with E-state index in [2.05, 4.69) is 31.2 Å². The number of carbonyl (C=O) groups is 1. The quantitative estimate of drug-likeness (QED) is 0.753. The second-order valence-corrected chi connectivity index (χ2v) is 4.37. The lowest BCUT2D eigenvalue weighted by atomic mass is 10.1. The summed E-state index contributed by atoms with van der Waals surface area (Å²) in [5, 5.41) is 2.73. The third-order valence-corrected chi connectivity index (χ3v) is 2.72. The molecule has 1 amide bonds. The SMILES string of the molecule is Nc1cc(Br)ccc1C(=O)NCc1ncc[nH]1. The number of benzene rings is 1. The molecule has 0 unspecified atom stereocenters. The van der Waals surface area contributed by atoms with Gasteiger partial charge in [-0.05, 0) is 18.2 Å². The molecule has 0 saturated heterocycles. The number of nitrogens with one attached hydrogen (secondary N) is 2. The highest BCUT2D eigenvalue weighted by molar-refractivity contribution is 9.10. The Labute approximate surface area is 107 Å². The number of nitrogen functional groups attached to an aromatic ring is 1. The van der Waals surface area contributed by atoms with E-state index in [9.17, 15) is 4.79 Å². The number of aromatic nitrogens is 2. The van der Waals surface area contributed by atoms with Crippen molar-refractivity contribution in [2.24, 2.45) is 0 Å². The molecule has 1 heterocycles. The van der Waals surface area contributed by atoms with E-state index in [0.717, 1.165) is 4.47 Å². The number of H-pyrrole nitrogens is 1. The van der Waals surface area contributed by atoms with Gasteiger partial charge in [-0.3, -0.25) is 4.79 Å². The summed E-state index contributed by atoms with van der Waals surface area (Å²) in [4.78, 5) is 18.7. The lowest BCUT2D eigenvalue weighted by molar-refractivity contribution is 0.0951. The molecule has 0 bridgehead atoms. The Bertz CT molecular complexity index is 524. The molecule has 0 aliphatic heterocycles. The van der Waals surface area contributed by atoms with Gasteiger partial charge in [-0.25, -0.2) is 4.98 Å². The molecule has 0 radical (unpaired) electrons. The van der Waals surface area contributed by atoms with E-state index in [0.29, 0.717) is 23.6 Å². The van der Waals surface area contributed by atoms with Gasteiger partial charge >= 0.3 is 0 Å². The lowest BCUT2D eigenvalue weighted by Crippen LogP contribution is -2.24. The zero-order chi connectivity index (χ0) is 12.3. The number of aromatic amines is 1. The minimum atomic E-state index is -0.216. The molecular formula is C11H11BrN4O. The number of imidazole rings is 1. The van der Waals surface area contributed by atoms with Crippen LogP contribution in [0.4, 0.5) is 5.69 Å². The van der Waals surface area contributed by atoms with Gasteiger partial charge < -0.3 is 16.0 Å². The first-order valence-corrected chi connectivity index (χ1v) is 5.77. The fourth-order valence-corrected chi connectivity index (χ4v) is 1.77. The molecule has 4 N–H and O–H groups in total. The van der Waals surface area contributed by atoms with Gasteiger partial charge in [0.15, 0.2) is 0 Å². The highest BCUT2D eigenvalue weighted by Crippen LogP contribution is 2.18. The van der Waals surface area contributed by atoms with Crippen LogP contribution >= 0.6 is 15.9 Å². The second-order valence-electron chi connectivity index (χ2n) is 3.45. The molecule has 1 aromatic carbocycles. The van der Waals surface area contributed by atoms with Gasteiger partial charge in [-0.15, -0.1) is 0 Å². The predicted molar refractivity (Wildman–Crippen MR) is 68.3 cm³/mol. The van der Waals surface area contributed by atoms with Crippen LogP contribution in [0.1, 0.15) is 16.2 Å². The van der Waals surface area contributed by atoms with Crippen LogP contribution in [-0.4, -0.2) is 15.9 Å². The molecule has 6 heteroatoms. The van der Waals surface area contributed by atoms with E-state index < -0.39 is 0 Å². The number of carbonyl (C=O) groups excluding carboxylic acids is 1. The molecule has 0 saturated carbocycles. The zero-order valence-corrected chi connectivity index (χ0v) is 10.5. The largest absolute Gasteiger partial charge is 0.398 e. The van der Waals surface area contributed by atoms with Gasteiger partial charge in [0, 0.05) is 22.6 Å². The Hall–Kier alpha value is -1.82. The van der Waals surface area contributed by atoms with Crippen LogP contribution in [0.25, 0.3) is 0 Å². The number of nitrogens with zero attached hydrogens (tertiary/aromatic N) is 1. The van der Waals surface area contributed by atoms with E-state index in [4.69, 9.17) is 5.73 Å². The van der Waals surface area contributed by atoms with Gasteiger partial charge in [0.05, 0.1) is 12.1 Å². The zero-order valence-electron chi connectivity index (χ0n) is 8.90. The normalized spacial score (nSPS) is 10.2. The van der Waals surface area contributed by atoms with Crippen molar-refractivity contribution in [3.63, 3.8) is 0 Å². The maximum absolute atomic E-state index is 11.8. The van der Waals surface area contributed by atoms with Crippen LogP contribution < -0.4 is 11.1 Å². The third-order valence-electron chi connectivity index (χ3n) is 2.23. The molecule has 1 aromatic heterocycles. The van der Waals surface area contributed by atoms with Crippen molar-refractivity contribution < 1.29 is 4.79 Å². The van der Waals surface area contributed by atoms with E-state index in [-0.39, 0.29) is 5.91 Å². The minimum Gasteiger partial charge on any atom is -0.398 e. The number of halogens is 1. The summed E-state index contributed by atoms with van der Waals surface area (Å²) in [6.07, 6.45) is 3.34. The fraction of sp³-hybridized carbons (Fsp3) is 0.0909. The van der Waals surface area contributed by atoms with Crippen molar-refractivity contribution in [3.05, 3.63) is 46.5 Å². The lowest BCUT2D eigenvalue weighted by Gasteiger charge is -2.06. The van der Waals surface area contributed by atoms with E-state index in [1.165, 1.54) is 0 Å². The molecular weight excluding hydrogens is 284 g/mol. The first kappa shape index (κ1) is 11.7. The Balaban J connectivity index is 2.04. The van der Waals surface area contributed by atoms with Gasteiger partial charge in [0.25, 0.3) is 5.91 Å². The Kier molecular flexibility index (Phi) is 3.43. The summed E-state index contributed by atoms with van der Waals surface area (Å²) < 4.78 is 0.845. The Morgan fingerprint density at radius 1 is 1.53 bits per heavy atom. The molecule has 0 aliphatic carbocycles. The van der Waals surface area contributed by atoms with Crippen LogP contribution in [0.2, 0.25) is 0 Å². The first-order valence-electron chi connectivity index (χ1n) is 4.98. The Morgan fingerprint density at radius 2 is 2.35 bits per heavy atom. The maximum Gasteiger partial charge on any atom is 0.253 e. The average molecular weight is 295 g/mol. The van der Waals surface area contributed by atoms with Gasteiger partial charge in [-0.2, -0.15) is 0 Å². The van der Waals surface area contributed by atoms with Crippen LogP contribution in [0.15, 0.2) is 35.1 Å². The number of nitrogens with two attached hydrogens (primary N) is 1. The molecule has 0 aliphatic rings. The summed E-state index contributed by atoms with van der Waals surface area (Å²) in [5.74, 6) is 0.487. The fourth-order valence-electron chi connectivity index (χ4n) is 1.39. The number of anilines is 1. The van der Waals surface area contributed by atoms with Crippen molar-refractivity contribution in [2.45, 2.75) is 6.54 Å². The number of hydrogen-bond donors (Lipinski definition) is 3. The summed E-state index contributed by atoms with van der Waals surface area (Å²) >= 11 is 3.29. The molecule has 88 valence electrons. The summed E-state index contributed by atoms with van der Waals surface area (Å²) in [5.41, 5.74) is 6.66. The topological polar surface area (TPSA) is 83.8 Å². The second kappa shape index (κ2) is 5.01. The summed E-state index contributed by atoms with van der Waals surface area (Å²) in [7, 11) is 0. The van der Waals surface area contributed by atoms with Gasteiger partial charge in [0.1, 0.15) is 5.82 Å². The highest BCUT2D eigenvalue weighted by Gasteiger charge is 2.09. The summed E-state index contributed by atoms with van der Waals surface area (Å²) in [6.45, 7) is 0.349. The van der Waals surface area contributed by atoms with Crippen molar-refractivity contribution in [3.8, 4) is 0 Å². The number of amides is 1. The van der Waals surface area contributed by atoms with Gasteiger partial charge in [0.2, 0.25) is 0 Å². The molecule has 0 spiro atoms. The van der Waals surface area contributed by atoms with E-state index in [1.807, 2.05) is 0 Å². The summed E-state index contributed by atoms with van der Waals surface area (Å²) in [6, 6.07) is 5.15. The smallest absolute Gasteiger partial charge is 0.253 e. The molecule has 17 heavy (non-hydrogen) atoms. The molecule has 0 fully saturated rings. The molecule has 5 nitrogen and oxygen atoms in total. The van der Waals surface area contributed by atoms with Crippen molar-refractivity contribution >= 4 is 27.5 Å². The maximum atomic E-state index is 11.8. The van der Waals surface area contributed by atoms with Gasteiger partial charge in [-0.1, -0.05) is 15.9 Å². The first-order chi connectivity index (χ1) is 8.16. The minimum absolute atomic E-state index is 0.216. The third kappa shape index (κ3) is 2.85. The average Bonchev–Trinajstić information content (AvgIpc) is 2.78. The van der Waals surface area contributed by atoms with Crippen molar-refractivity contribution in [1.29, 1.82) is 0 Å². The van der Waals surface area contributed by atoms with Crippen molar-refractivity contribution in [1.82, 2.24) is 15.3 Å². The highest BCUT2D eigenvalue weighted by atomic mass is 79.9. The number of rotatable bonds is 3. The Morgan fingerprint density at radius 3 is 3.00 bits per heavy atom. The van der Waals surface area contributed by atoms with E-state index >= 15 is 0 Å². The molecule has 2 rings (SSSR count). The monoisotopic (exact) mass is 294 g/mol. The number of hydrogen-bond acceptors (Lipinski definition) is 3. The van der Waals surface area contributed by atoms with Crippen LogP contribution in [-0.2, 0) is 6.54 Å². The van der Waals surface area contributed by atoms with Crippen LogP contribution in [0, 0.1) is 0 Å².